The Morgan fingerprint density at radius 2 is 0.135 bits per heavy atom. The van der Waals surface area contributed by atoms with Gasteiger partial charge < -0.3 is 0 Å². The van der Waals surface area contributed by atoms with Gasteiger partial charge in [0.05, 0.1) is 0 Å². The molecule has 0 radical (unpaired) electrons. The van der Waals surface area contributed by atoms with Crippen molar-refractivity contribution in [2.45, 2.75) is 647 Å². The minimum Gasteiger partial charge on any atom is -0.0651 e. The summed E-state index contributed by atoms with van der Waals surface area (Å²) in [4.78, 5) is 0. The van der Waals surface area contributed by atoms with Gasteiger partial charge in [-0.1, -0.05) is 467 Å². The summed E-state index contributed by atoms with van der Waals surface area (Å²) in [6, 6.07) is 0. The molecule has 0 heterocycles. The average Bonchev–Trinajstić information content (AvgIpc) is 0.906. The second-order valence-corrected chi connectivity index (χ2v) is 50.2. The minimum absolute atomic E-state index is 0.948. The molecule has 7 aliphatic carbocycles. The van der Waals surface area contributed by atoms with Crippen molar-refractivity contribution in [2.24, 2.45) is 207 Å². The van der Waals surface area contributed by atoms with Crippen molar-refractivity contribution in [1.82, 2.24) is 0 Å². The molecule has 7 aliphatic rings. The molecule has 0 aromatic carbocycles. The number of rotatable bonds is 28. The zero-order chi connectivity index (χ0) is 99.8. The predicted octanol–water partition coefficient (Wildman–Crippen LogP) is 46.8. The molecule has 35 atom stereocenters. The van der Waals surface area contributed by atoms with Crippen LogP contribution in [0.25, 0.3) is 0 Å². The summed E-state index contributed by atoms with van der Waals surface area (Å²) in [7, 11) is 0. The summed E-state index contributed by atoms with van der Waals surface area (Å²) in [5, 5.41) is 0. The van der Waals surface area contributed by atoms with Crippen LogP contribution in [-0.2, 0) is 0 Å². The molecule has 35 unspecified atom stereocenters. The first-order chi connectivity index (χ1) is 64.1. The van der Waals surface area contributed by atoms with E-state index < -0.39 is 0 Å². The molecule has 798 valence electrons. The van der Waals surface area contributed by atoms with Crippen LogP contribution in [0.3, 0.4) is 0 Å². The summed E-state index contributed by atoms with van der Waals surface area (Å²) in [5.41, 5.74) is 0. The summed E-state index contributed by atoms with van der Waals surface area (Å²) in [6.07, 6.45) is 91.4. The Morgan fingerprint density at radius 1 is 0.0827 bits per heavy atom. The second-order valence-electron chi connectivity index (χ2n) is 50.2. The monoisotopic (exact) mass is 1860 g/mol. The van der Waals surface area contributed by atoms with Crippen LogP contribution >= 0.6 is 0 Å². The molecule has 0 bridgehead atoms. The highest BCUT2D eigenvalue weighted by Gasteiger charge is 2.36. The van der Waals surface area contributed by atoms with Crippen molar-refractivity contribution in [3.63, 3.8) is 0 Å². The van der Waals surface area contributed by atoms with Crippen molar-refractivity contribution >= 4 is 0 Å². The molecule has 0 aromatic heterocycles. The van der Waals surface area contributed by atoms with Gasteiger partial charge >= 0.3 is 0 Å². The first kappa shape index (κ1) is 131. The third-order valence-electron chi connectivity index (χ3n) is 42.5. The lowest BCUT2D eigenvalue weighted by atomic mass is 9.72. The lowest BCUT2D eigenvalue weighted by Crippen LogP contribution is -2.23. The molecule has 7 saturated carbocycles. The molecule has 0 nitrogen and oxygen atoms in total. The molecule has 0 N–H and O–H groups in total. The van der Waals surface area contributed by atoms with Gasteiger partial charge in [0.15, 0.2) is 0 Å². The predicted molar refractivity (Wildman–Crippen MR) is 612 cm³/mol. The van der Waals surface area contributed by atoms with Crippen LogP contribution in [0.5, 0.6) is 0 Å². The van der Waals surface area contributed by atoms with E-state index in [-0.39, 0.29) is 0 Å². The van der Waals surface area contributed by atoms with Gasteiger partial charge in [-0.05, 0) is 387 Å². The van der Waals surface area contributed by atoms with E-state index in [1.165, 1.54) is 405 Å². The highest BCUT2D eigenvalue weighted by molar-refractivity contribution is 4.87. The summed E-state index contributed by atoms with van der Waals surface area (Å²) in [6.45, 7) is 85.2. The Morgan fingerprint density at radius 3 is 0.195 bits per heavy atom. The second kappa shape index (κ2) is 80.3. The maximum absolute atomic E-state index is 2.50. The van der Waals surface area contributed by atoms with Crippen LogP contribution in [0, 0.1) is 207 Å². The largest absolute Gasteiger partial charge is 0.0651 e. The normalized spacial score (nSPS) is 38.1. The zero-order valence-electron chi connectivity index (χ0n) is 99.8. The Balaban J connectivity index is 0.000000776. The van der Waals surface area contributed by atoms with Crippen LogP contribution < -0.4 is 0 Å². The standard InChI is InChI=1S/7C19H38/c7*1-6-16-11-10-15(5)14-19(9-4)18(8-3)13-12-17(16)7-2/h7*15-19H,6-14H2,1-5H3. The minimum atomic E-state index is 0.948. The lowest BCUT2D eigenvalue weighted by Gasteiger charge is -2.34. The zero-order valence-corrected chi connectivity index (χ0v) is 99.8. The molecule has 0 spiro atoms. The van der Waals surface area contributed by atoms with Crippen molar-refractivity contribution in [1.29, 1.82) is 0 Å². The van der Waals surface area contributed by atoms with Crippen LogP contribution in [0.1, 0.15) is 647 Å². The highest BCUT2D eigenvalue weighted by Crippen LogP contribution is 2.48. The molecule has 133 heavy (non-hydrogen) atoms. The fourth-order valence-corrected chi connectivity index (χ4v) is 32.0. The molecule has 7 rings (SSSR count). The molecular weight excluding hydrogens is 1600 g/mol. The van der Waals surface area contributed by atoms with E-state index in [4.69, 9.17) is 0 Å². The maximum atomic E-state index is 2.50. The first-order valence-electron chi connectivity index (χ1n) is 64.1. The van der Waals surface area contributed by atoms with E-state index >= 15 is 0 Å². The van der Waals surface area contributed by atoms with Crippen molar-refractivity contribution in [2.75, 3.05) is 0 Å². The van der Waals surface area contributed by atoms with Crippen LogP contribution in [0.4, 0.5) is 0 Å². The van der Waals surface area contributed by atoms with Gasteiger partial charge in [-0.3, -0.25) is 0 Å². The molecule has 0 aromatic rings. The van der Waals surface area contributed by atoms with Crippen molar-refractivity contribution < 1.29 is 0 Å². The highest BCUT2D eigenvalue weighted by atomic mass is 14.4. The fourth-order valence-electron chi connectivity index (χ4n) is 32.0. The molecule has 7 fully saturated rings. The van der Waals surface area contributed by atoms with E-state index in [0.29, 0.717) is 0 Å². The first-order valence-corrected chi connectivity index (χ1v) is 64.1. The third kappa shape index (κ3) is 50.6. The van der Waals surface area contributed by atoms with Gasteiger partial charge in [-0.15, -0.1) is 0 Å². The maximum Gasteiger partial charge on any atom is -0.0386 e. The van der Waals surface area contributed by atoms with Gasteiger partial charge in [0.1, 0.15) is 0 Å². The molecule has 0 aliphatic heterocycles. The van der Waals surface area contributed by atoms with Gasteiger partial charge in [-0.2, -0.15) is 0 Å². The Labute approximate surface area is 848 Å². The lowest BCUT2D eigenvalue weighted by molar-refractivity contribution is 0.172. The summed E-state index contributed by atoms with van der Waals surface area (Å²) in [5.74, 6) is 34.6. The summed E-state index contributed by atoms with van der Waals surface area (Å²) >= 11 is 0. The van der Waals surface area contributed by atoms with Crippen LogP contribution in [-0.4, -0.2) is 0 Å². The van der Waals surface area contributed by atoms with Gasteiger partial charge in [0.25, 0.3) is 0 Å². The third-order valence-corrected chi connectivity index (χ3v) is 42.5. The van der Waals surface area contributed by atoms with Gasteiger partial charge in [0, 0.05) is 0 Å². The van der Waals surface area contributed by atoms with E-state index in [9.17, 15) is 0 Å². The molecule has 0 amide bonds. The van der Waals surface area contributed by atoms with Crippen LogP contribution in [0.2, 0.25) is 0 Å². The Bertz CT molecular complexity index is 2010. The van der Waals surface area contributed by atoms with E-state index in [2.05, 4.69) is 242 Å². The molecule has 0 heteroatoms. The van der Waals surface area contributed by atoms with Gasteiger partial charge in [0.2, 0.25) is 0 Å². The number of hydrogen-bond acceptors (Lipinski definition) is 0. The van der Waals surface area contributed by atoms with Gasteiger partial charge in [-0.25, -0.2) is 0 Å². The Hall–Kier alpha value is 0. The quantitative estimate of drug-likeness (QED) is 0.0732. The van der Waals surface area contributed by atoms with E-state index in [1.54, 1.807) is 0 Å². The van der Waals surface area contributed by atoms with E-state index in [0.717, 1.165) is 207 Å². The SMILES string of the molecule is CCC1CCC(C)CC(CC)C(CC)CCC1CC.CCC1CCC(C)CC(CC)C(CC)CCC1CC.CCC1CCC(C)CC(CC)C(CC)CCC1CC.CCC1CCC(C)CC(CC)C(CC)CCC1CC.CCC1CCC(C)CC(CC)C(CC)CCC1CC.CCC1CCC(C)CC(CC)C(CC)CCC1CC.CCC1CCC(C)CC(CC)C(CC)CCC1CC. The van der Waals surface area contributed by atoms with Crippen molar-refractivity contribution in [3.8, 4) is 0 Å². The Kier molecular flexibility index (Phi) is 79.1. The molecule has 0 saturated heterocycles. The smallest absolute Gasteiger partial charge is 0.0386 e. The van der Waals surface area contributed by atoms with Crippen LogP contribution in [0.15, 0.2) is 0 Å². The summed E-state index contributed by atoms with van der Waals surface area (Å²) < 4.78 is 0. The fraction of sp³-hybridized carbons (Fsp3) is 1.00. The van der Waals surface area contributed by atoms with Crippen molar-refractivity contribution in [3.05, 3.63) is 0 Å². The topological polar surface area (TPSA) is 0 Å². The average molecular weight is 1870 g/mol. The van der Waals surface area contributed by atoms with E-state index in [1.807, 2.05) is 0 Å². The number of hydrogen-bond donors (Lipinski definition) is 0. The molecular formula is C133H266.